The van der Waals surface area contributed by atoms with E-state index in [1.807, 2.05) is 19.1 Å². The first-order valence-corrected chi connectivity index (χ1v) is 7.93. The third-order valence-corrected chi connectivity index (χ3v) is 3.73. The molecule has 0 amide bonds. The molecule has 126 valence electrons. The van der Waals surface area contributed by atoms with Crippen LogP contribution in [0, 0.1) is 12.7 Å². The Kier molecular flexibility index (Phi) is 5.04. The summed E-state index contributed by atoms with van der Waals surface area (Å²) in [4.78, 5) is 12.0. The van der Waals surface area contributed by atoms with Gasteiger partial charge in [-0.3, -0.25) is 9.48 Å². The van der Waals surface area contributed by atoms with Crippen molar-refractivity contribution in [3.63, 3.8) is 0 Å². The predicted molar refractivity (Wildman–Crippen MR) is 96.0 cm³/mol. The van der Waals surface area contributed by atoms with Crippen LogP contribution in [0.2, 0.25) is 0 Å². The monoisotopic (exact) mass is 335 g/mol. The van der Waals surface area contributed by atoms with Gasteiger partial charge in [0.25, 0.3) is 0 Å². The lowest BCUT2D eigenvalue weighted by Crippen LogP contribution is -2.03. The summed E-state index contributed by atoms with van der Waals surface area (Å²) in [6.07, 6.45) is 4.77. The van der Waals surface area contributed by atoms with E-state index in [0.717, 1.165) is 5.56 Å². The van der Waals surface area contributed by atoms with E-state index in [1.165, 1.54) is 12.1 Å². The van der Waals surface area contributed by atoms with E-state index in [2.05, 4.69) is 10.4 Å². The van der Waals surface area contributed by atoms with Crippen molar-refractivity contribution >= 4 is 11.6 Å². The fraction of sp³-hybridized carbons (Fsp3) is 0.100. The van der Waals surface area contributed by atoms with Crippen LogP contribution >= 0.6 is 0 Å². The smallest absolute Gasteiger partial charge is 0.187 e. The largest absolute Gasteiger partial charge is 0.345 e. The topological polar surface area (TPSA) is 46.9 Å². The predicted octanol–water partition coefficient (Wildman–Crippen LogP) is 4.19. The Bertz CT molecular complexity index is 897. The molecule has 4 nitrogen and oxygen atoms in total. The maximum Gasteiger partial charge on any atom is 0.187 e. The van der Waals surface area contributed by atoms with E-state index in [0.29, 0.717) is 23.5 Å². The molecule has 0 aliphatic heterocycles. The van der Waals surface area contributed by atoms with E-state index in [-0.39, 0.29) is 11.6 Å². The van der Waals surface area contributed by atoms with Crippen LogP contribution in [-0.4, -0.2) is 15.6 Å². The van der Waals surface area contributed by atoms with Crippen LogP contribution in [0.3, 0.4) is 0 Å². The highest BCUT2D eigenvalue weighted by Crippen LogP contribution is 2.10. The van der Waals surface area contributed by atoms with Gasteiger partial charge in [-0.15, -0.1) is 0 Å². The Hall–Kier alpha value is -3.21. The number of aryl methyl sites for hydroxylation is 1. The lowest BCUT2D eigenvalue weighted by molar-refractivity contribution is 0.104. The van der Waals surface area contributed by atoms with Crippen molar-refractivity contribution < 1.29 is 9.18 Å². The molecule has 5 heteroatoms. The van der Waals surface area contributed by atoms with E-state index in [4.69, 9.17) is 0 Å². The Balaban J connectivity index is 1.59. The zero-order valence-corrected chi connectivity index (χ0v) is 13.8. The van der Waals surface area contributed by atoms with E-state index < -0.39 is 0 Å². The van der Waals surface area contributed by atoms with Gasteiger partial charge in [0, 0.05) is 35.7 Å². The maximum absolute atomic E-state index is 13.7. The number of nitrogens with one attached hydrogen (secondary N) is 1. The molecule has 0 atom stereocenters. The number of hydrogen-bond acceptors (Lipinski definition) is 3. The summed E-state index contributed by atoms with van der Waals surface area (Å²) in [7, 11) is 0. The minimum Gasteiger partial charge on any atom is -0.345 e. The minimum atomic E-state index is -0.254. The van der Waals surface area contributed by atoms with E-state index in [1.54, 1.807) is 53.5 Å². The van der Waals surface area contributed by atoms with Crippen molar-refractivity contribution in [3.05, 3.63) is 95.6 Å². The molecule has 0 unspecified atom stereocenters. The number of nitrogens with zero attached hydrogens (tertiary/aromatic N) is 2. The molecular formula is C20H18FN3O. The molecule has 0 radical (unpaired) electrons. The molecule has 1 aromatic heterocycles. The average molecular weight is 335 g/mol. The highest BCUT2D eigenvalue weighted by Gasteiger charge is 2.04. The third kappa shape index (κ3) is 4.41. The SMILES string of the molecule is Cc1ccc(C(=O)/C=C/Nc2ccn(Cc3ccccc3F)n2)cc1. The lowest BCUT2D eigenvalue weighted by atomic mass is 10.1. The first-order chi connectivity index (χ1) is 12.1. The summed E-state index contributed by atoms with van der Waals surface area (Å²) in [5, 5.41) is 7.25. The number of ketones is 1. The summed E-state index contributed by atoms with van der Waals surface area (Å²) in [6.45, 7) is 2.32. The second kappa shape index (κ2) is 7.57. The highest BCUT2D eigenvalue weighted by atomic mass is 19.1. The number of aromatic nitrogens is 2. The molecule has 0 fully saturated rings. The summed E-state index contributed by atoms with van der Waals surface area (Å²) in [5.74, 6) is 0.249. The second-order valence-corrected chi connectivity index (χ2v) is 5.70. The third-order valence-electron chi connectivity index (χ3n) is 3.73. The van der Waals surface area contributed by atoms with Crippen LogP contribution in [0.4, 0.5) is 10.2 Å². The number of benzene rings is 2. The van der Waals surface area contributed by atoms with Gasteiger partial charge in [-0.2, -0.15) is 5.10 Å². The van der Waals surface area contributed by atoms with Gasteiger partial charge in [-0.1, -0.05) is 48.0 Å². The van der Waals surface area contributed by atoms with Crippen LogP contribution in [0.5, 0.6) is 0 Å². The molecule has 0 saturated heterocycles. The van der Waals surface area contributed by atoms with Crippen LogP contribution in [0.25, 0.3) is 0 Å². The van der Waals surface area contributed by atoms with Crippen molar-refractivity contribution in [2.75, 3.05) is 5.32 Å². The summed E-state index contributed by atoms with van der Waals surface area (Å²) in [6, 6.07) is 15.8. The highest BCUT2D eigenvalue weighted by molar-refractivity contribution is 6.04. The summed E-state index contributed by atoms with van der Waals surface area (Å²) < 4.78 is 15.3. The van der Waals surface area contributed by atoms with Crippen LogP contribution in [-0.2, 0) is 6.54 Å². The van der Waals surface area contributed by atoms with Crippen molar-refractivity contribution in [1.29, 1.82) is 0 Å². The molecule has 25 heavy (non-hydrogen) atoms. The van der Waals surface area contributed by atoms with Crippen molar-refractivity contribution in [2.45, 2.75) is 13.5 Å². The van der Waals surface area contributed by atoms with Crippen LogP contribution < -0.4 is 5.32 Å². The molecular weight excluding hydrogens is 317 g/mol. The van der Waals surface area contributed by atoms with E-state index >= 15 is 0 Å². The molecule has 0 aliphatic rings. The zero-order chi connectivity index (χ0) is 17.6. The Morgan fingerprint density at radius 1 is 1.16 bits per heavy atom. The first-order valence-electron chi connectivity index (χ1n) is 7.93. The quantitative estimate of drug-likeness (QED) is 0.543. The summed E-state index contributed by atoms with van der Waals surface area (Å²) >= 11 is 0. The van der Waals surface area contributed by atoms with Crippen molar-refractivity contribution in [1.82, 2.24) is 9.78 Å². The molecule has 2 aromatic carbocycles. The Morgan fingerprint density at radius 2 is 1.92 bits per heavy atom. The van der Waals surface area contributed by atoms with Crippen molar-refractivity contribution in [3.8, 4) is 0 Å². The fourth-order valence-electron chi connectivity index (χ4n) is 2.34. The number of allylic oxidation sites excluding steroid dienone is 1. The molecule has 0 aliphatic carbocycles. The standard InChI is InChI=1S/C20H18FN3O/c1-15-6-8-16(9-7-15)19(25)10-12-22-20-11-13-24(23-20)14-17-4-2-3-5-18(17)21/h2-13H,14H2,1H3,(H,22,23)/b12-10+. The zero-order valence-electron chi connectivity index (χ0n) is 13.8. The molecule has 3 rings (SSSR count). The van der Waals surface area contributed by atoms with Gasteiger partial charge in [-0.05, 0) is 13.0 Å². The number of carbonyl (C=O) groups is 1. The molecule has 3 aromatic rings. The number of rotatable bonds is 6. The normalized spacial score (nSPS) is 11.0. The Labute approximate surface area is 145 Å². The van der Waals surface area contributed by atoms with Gasteiger partial charge in [0.2, 0.25) is 0 Å². The van der Waals surface area contributed by atoms with Gasteiger partial charge in [0.1, 0.15) is 5.82 Å². The van der Waals surface area contributed by atoms with E-state index in [9.17, 15) is 9.18 Å². The van der Waals surface area contributed by atoms with Crippen molar-refractivity contribution in [2.24, 2.45) is 0 Å². The van der Waals surface area contributed by atoms with Gasteiger partial charge >= 0.3 is 0 Å². The van der Waals surface area contributed by atoms with Gasteiger partial charge in [0.05, 0.1) is 6.54 Å². The second-order valence-electron chi connectivity index (χ2n) is 5.70. The number of halogens is 1. The molecule has 0 spiro atoms. The minimum absolute atomic E-state index is 0.0849. The first kappa shape index (κ1) is 16.6. The number of carbonyl (C=O) groups excluding carboxylic acids is 1. The number of hydrogen-bond donors (Lipinski definition) is 1. The molecule has 1 heterocycles. The number of anilines is 1. The molecule has 0 saturated carbocycles. The van der Waals surface area contributed by atoms with Crippen LogP contribution in [0.15, 0.2) is 73.1 Å². The average Bonchev–Trinajstić information content (AvgIpc) is 3.05. The van der Waals surface area contributed by atoms with Gasteiger partial charge in [-0.25, -0.2) is 4.39 Å². The Morgan fingerprint density at radius 3 is 2.68 bits per heavy atom. The van der Waals surface area contributed by atoms with Gasteiger partial charge in [0.15, 0.2) is 11.6 Å². The fourth-order valence-corrected chi connectivity index (χ4v) is 2.34. The van der Waals surface area contributed by atoms with Gasteiger partial charge < -0.3 is 5.32 Å². The molecule has 0 bridgehead atoms. The molecule has 1 N–H and O–H groups in total. The lowest BCUT2D eigenvalue weighted by Gasteiger charge is -2.03. The van der Waals surface area contributed by atoms with Crippen LogP contribution in [0.1, 0.15) is 21.5 Å². The maximum atomic E-state index is 13.7. The summed E-state index contributed by atoms with van der Waals surface area (Å²) in [5.41, 5.74) is 2.31.